The Hall–Kier alpha value is -1.47. The summed E-state index contributed by atoms with van der Waals surface area (Å²) in [6.07, 6.45) is 0. The molecule has 1 aromatic rings. The third kappa shape index (κ3) is 3.41. The van der Waals surface area contributed by atoms with Gasteiger partial charge in [0.05, 0.1) is 9.95 Å². The van der Waals surface area contributed by atoms with E-state index in [2.05, 4.69) is 13.8 Å². The van der Waals surface area contributed by atoms with Crippen molar-refractivity contribution >= 4 is 40.6 Å². The Labute approximate surface area is 131 Å². The number of hydrogen-bond donors (Lipinski definition) is 1. The van der Waals surface area contributed by atoms with E-state index < -0.39 is 4.92 Å². The number of nitrogens with two attached hydrogens (primary N) is 1. The lowest BCUT2D eigenvalue weighted by atomic mass is 10.1. The van der Waals surface area contributed by atoms with Crippen LogP contribution in [0.5, 0.6) is 0 Å². The zero-order chi connectivity index (χ0) is 15.8. The molecule has 0 radical (unpaired) electrons. The molecule has 1 amide bonds. The molecule has 6 nitrogen and oxygen atoms in total. The molecule has 0 spiro atoms. The Morgan fingerprint density at radius 3 is 2.76 bits per heavy atom. The molecule has 1 aliphatic rings. The molecule has 0 atom stereocenters. The number of carbonyl (C=O) groups is 1. The number of hydrogen-bond acceptors (Lipinski definition) is 5. The summed E-state index contributed by atoms with van der Waals surface area (Å²) in [6.45, 7) is 5.33. The van der Waals surface area contributed by atoms with E-state index in [0.717, 1.165) is 5.75 Å². The number of anilines is 1. The Kier molecular flexibility index (Phi) is 4.34. The highest BCUT2D eigenvalue weighted by molar-refractivity contribution is 8.00. The summed E-state index contributed by atoms with van der Waals surface area (Å²) in [5.74, 6) is 0.581. The Bertz CT molecular complexity index is 607. The van der Waals surface area contributed by atoms with Crippen molar-refractivity contribution in [2.24, 2.45) is 0 Å². The summed E-state index contributed by atoms with van der Waals surface area (Å²) in [5, 5.41) is 11.0. The van der Waals surface area contributed by atoms with Crippen LogP contribution >= 0.6 is 23.4 Å². The molecule has 114 valence electrons. The van der Waals surface area contributed by atoms with Gasteiger partial charge in [-0.2, -0.15) is 11.8 Å². The van der Waals surface area contributed by atoms with Crippen LogP contribution in [0.1, 0.15) is 24.2 Å². The van der Waals surface area contributed by atoms with Crippen LogP contribution in [0, 0.1) is 10.1 Å². The van der Waals surface area contributed by atoms with Crippen molar-refractivity contribution in [2.75, 3.05) is 24.6 Å². The number of rotatable bonds is 2. The van der Waals surface area contributed by atoms with E-state index in [1.165, 1.54) is 12.1 Å². The second kappa shape index (κ2) is 5.73. The first-order valence-electron chi connectivity index (χ1n) is 6.38. The van der Waals surface area contributed by atoms with E-state index in [1.54, 1.807) is 16.7 Å². The fourth-order valence-corrected chi connectivity index (χ4v) is 3.58. The van der Waals surface area contributed by atoms with Gasteiger partial charge < -0.3 is 10.6 Å². The van der Waals surface area contributed by atoms with Crippen molar-refractivity contribution in [3.8, 4) is 0 Å². The van der Waals surface area contributed by atoms with Crippen molar-refractivity contribution in [1.29, 1.82) is 0 Å². The first kappa shape index (κ1) is 15.9. The molecule has 0 bridgehead atoms. The number of nitro benzene ring substituents is 1. The van der Waals surface area contributed by atoms with Crippen molar-refractivity contribution in [3.63, 3.8) is 0 Å². The Morgan fingerprint density at radius 1 is 1.52 bits per heavy atom. The monoisotopic (exact) mass is 329 g/mol. The molecule has 2 rings (SSSR count). The van der Waals surface area contributed by atoms with Crippen LogP contribution in [0.15, 0.2) is 12.1 Å². The lowest BCUT2D eigenvalue weighted by Gasteiger charge is -2.37. The van der Waals surface area contributed by atoms with Gasteiger partial charge in [0.25, 0.3) is 11.6 Å². The second-order valence-electron chi connectivity index (χ2n) is 5.48. The summed E-state index contributed by atoms with van der Waals surface area (Å²) in [5.41, 5.74) is 5.32. The van der Waals surface area contributed by atoms with Crippen molar-refractivity contribution in [3.05, 3.63) is 32.8 Å². The maximum Gasteiger partial charge on any atom is 0.294 e. The van der Waals surface area contributed by atoms with Crippen LogP contribution in [0.25, 0.3) is 0 Å². The fraction of sp³-hybridized carbons (Fsp3) is 0.462. The molecular formula is C13H16ClN3O3S. The number of nitrogens with zero attached hydrogens (tertiary/aromatic N) is 2. The van der Waals surface area contributed by atoms with Gasteiger partial charge in [0.2, 0.25) is 0 Å². The number of benzene rings is 1. The predicted octanol–water partition coefficient (Wildman–Crippen LogP) is 2.80. The number of nitro groups is 1. The summed E-state index contributed by atoms with van der Waals surface area (Å²) in [7, 11) is 0. The van der Waals surface area contributed by atoms with E-state index in [9.17, 15) is 14.9 Å². The highest BCUT2D eigenvalue weighted by Gasteiger charge is 2.31. The molecule has 1 saturated heterocycles. The normalized spacial score (nSPS) is 17.6. The summed E-state index contributed by atoms with van der Waals surface area (Å²) in [4.78, 5) is 24.6. The van der Waals surface area contributed by atoms with E-state index in [0.29, 0.717) is 13.1 Å². The minimum Gasteiger partial charge on any atom is -0.392 e. The van der Waals surface area contributed by atoms with E-state index in [-0.39, 0.29) is 32.6 Å². The van der Waals surface area contributed by atoms with Gasteiger partial charge in [0.15, 0.2) is 0 Å². The van der Waals surface area contributed by atoms with Gasteiger partial charge in [0, 0.05) is 35.2 Å². The molecule has 1 fully saturated rings. The predicted molar refractivity (Wildman–Crippen MR) is 85.0 cm³/mol. The van der Waals surface area contributed by atoms with Crippen LogP contribution in [-0.2, 0) is 0 Å². The smallest absolute Gasteiger partial charge is 0.294 e. The first-order chi connectivity index (χ1) is 9.71. The molecule has 21 heavy (non-hydrogen) atoms. The number of amides is 1. The second-order valence-corrected chi connectivity index (χ2v) is 7.69. The van der Waals surface area contributed by atoms with Crippen LogP contribution < -0.4 is 5.73 Å². The van der Waals surface area contributed by atoms with Gasteiger partial charge in [-0.3, -0.25) is 14.9 Å². The Balaban J connectivity index is 2.33. The summed E-state index contributed by atoms with van der Waals surface area (Å²) >= 11 is 7.70. The first-order valence-corrected chi connectivity index (χ1v) is 7.74. The highest BCUT2D eigenvalue weighted by atomic mass is 35.5. The zero-order valence-corrected chi connectivity index (χ0v) is 13.3. The molecular weight excluding hydrogens is 314 g/mol. The number of halogens is 1. The maximum absolute atomic E-state index is 12.5. The maximum atomic E-state index is 12.5. The minimum absolute atomic E-state index is 0.0261. The third-order valence-electron chi connectivity index (χ3n) is 3.26. The standard InChI is InChI=1S/C13H16ClN3O3S/c1-13(2)7-16(3-4-21-13)12(18)8-5-9(14)11(15)10(6-8)17(19)20/h5-6H,3-4,7,15H2,1-2H3. The Morgan fingerprint density at radius 2 is 2.19 bits per heavy atom. The fourth-order valence-electron chi connectivity index (χ4n) is 2.25. The van der Waals surface area contributed by atoms with Gasteiger partial charge in [0.1, 0.15) is 5.69 Å². The highest BCUT2D eigenvalue weighted by Crippen LogP contribution is 2.33. The van der Waals surface area contributed by atoms with E-state index >= 15 is 0 Å². The molecule has 2 N–H and O–H groups in total. The number of carbonyl (C=O) groups excluding carboxylic acids is 1. The number of thioether (sulfide) groups is 1. The van der Waals surface area contributed by atoms with E-state index in [1.807, 2.05) is 0 Å². The van der Waals surface area contributed by atoms with E-state index in [4.69, 9.17) is 17.3 Å². The molecule has 0 unspecified atom stereocenters. The van der Waals surface area contributed by atoms with Crippen molar-refractivity contribution in [1.82, 2.24) is 4.90 Å². The molecule has 1 aromatic carbocycles. The molecule has 1 heterocycles. The molecule has 0 saturated carbocycles. The largest absolute Gasteiger partial charge is 0.392 e. The third-order valence-corrected chi connectivity index (χ3v) is 4.87. The van der Waals surface area contributed by atoms with Crippen molar-refractivity contribution < 1.29 is 9.72 Å². The SMILES string of the molecule is CC1(C)CN(C(=O)c2cc(Cl)c(N)c([N+](=O)[O-])c2)CCS1. The van der Waals surface area contributed by atoms with Crippen molar-refractivity contribution in [2.45, 2.75) is 18.6 Å². The molecule has 8 heteroatoms. The average Bonchev–Trinajstić information content (AvgIpc) is 2.39. The lowest BCUT2D eigenvalue weighted by molar-refractivity contribution is -0.383. The lowest BCUT2D eigenvalue weighted by Crippen LogP contribution is -2.46. The topological polar surface area (TPSA) is 89.5 Å². The summed E-state index contributed by atoms with van der Waals surface area (Å²) in [6, 6.07) is 2.58. The van der Waals surface area contributed by atoms with Crippen LogP contribution in [0.3, 0.4) is 0 Å². The van der Waals surface area contributed by atoms with Gasteiger partial charge in [-0.15, -0.1) is 0 Å². The van der Waals surface area contributed by atoms with Gasteiger partial charge in [-0.25, -0.2) is 0 Å². The van der Waals surface area contributed by atoms with Gasteiger partial charge in [-0.05, 0) is 19.9 Å². The zero-order valence-electron chi connectivity index (χ0n) is 11.8. The van der Waals surface area contributed by atoms with Gasteiger partial charge in [-0.1, -0.05) is 11.6 Å². The summed E-state index contributed by atoms with van der Waals surface area (Å²) < 4.78 is -0.0303. The van der Waals surface area contributed by atoms with Gasteiger partial charge >= 0.3 is 0 Å². The van der Waals surface area contributed by atoms with Crippen LogP contribution in [0.4, 0.5) is 11.4 Å². The minimum atomic E-state index is -0.631. The molecule has 0 aliphatic carbocycles. The van der Waals surface area contributed by atoms with Crippen LogP contribution in [-0.4, -0.2) is 39.3 Å². The quantitative estimate of drug-likeness (QED) is 0.512. The number of nitrogen functional groups attached to an aromatic ring is 1. The van der Waals surface area contributed by atoms with Crippen LogP contribution in [0.2, 0.25) is 5.02 Å². The molecule has 0 aromatic heterocycles. The average molecular weight is 330 g/mol. The molecule has 1 aliphatic heterocycles.